The fourth-order valence-corrected chi connectivity index (χ4v) is 1.96. The summed E-state index contributed by atoms with van der Waals surface area (Å²) >= 11 is 5.99. The van der Waals surface area contributed by atoms with Gasteiger partial charge in [0, 0.05) is 11.4 Å². The molecule has 0 saturated heterocycles. The maximum atomic E-state index is 5.99. The minimum atomic E-state index is 0.161. The molecule has 0 radical (unpaired) electrons. The molecule has 0 saturated carbocycles. The fraction of sp³-hybridized carbons (Fsp3) is 1.00. The molecule has 0 amide bonds. The second-order valence-corrected chi connectivity index (χ2v) is 4.47. The summed E-state index contributed by atoms with van der Waals surface area (Å²) in [7, 11) is 4.21. The van der Waals surface area contributed by atoms with Gasteiger partial charge in [-0.1, -0.05) is 13.8 Å². The summed E-state index contributed by atoms with van der Waals surface area (Å²) in [5, 5.41) is 3.58. The van der Waals surface area contributed by atoms with E-state index in [0.29, 0.717) is 5.88 Å². The lowest BCUT2D eigenvalue weighted by Crippen LogP contribution is -2.46. The van der Waals surface area contributed by atoms with Crippen molar-refractivity contribution in [2.75, 3.05) is 33.1 Å². The van der Waals surface area contributed by atoms with E-state index < -0.39 is 0 Å². The first-order chi connectivity index (χ1) is 6.60. The molecule has 0 aromatic heterocycles. The normalized spacial score (nSPS) is 12.4. The van der Waals surface area contributed by atoms with Crippen LogP contribution in [0.2, 0.25) is 0 Å². The number of nitrogens with one attached hydrogen (secondary N) is 1. The average Bonchev–Trinajstić information content (AvgIpc) is 2.19. The summed E-state index contributed by atoms with van der Waals surface area (Å²) in [6, 6.07) is 0. The van der Waals surface area contributed by atoms with Gasteiger partial charge in [0.2, 0.25) is 0 Å². The monoisotopic (exact) mass is 220 g/mol. The molecule has 0 fully saturated rings. The van der Waals surface area contributed by atoms with Crippen molar-refractivity contribution in [3.8, 4) is 0 Å². The van der Waals surface area contributed by atoms with Crippen molar-refractivity contribution in [2.45, 2.75) is 38.6 Å². The van der Waals surface area contributed by atoms with Gasteiger partial charge < -0.3 is 10.2 Å². The fourth-order valence-electron chi connectivity index (χ4n) is 1.49. The second kappa shape index (κ2) is 7.49. The molecular weight excluding hydrogens is 196 g/mol. The molecule has 14 heavy (non-hydrogen) atoms. The molecule has 86 valence electrons. The third-order valence-corrected chi connectivity index (χ3v) is 3.40. The molecule has 0 heterocycles. The largest absolute Gasteiger partial charge is 0.310 e. The third-order valence-electron chi connectivity index (χ3n) is 2.89. The predicted octanol–water partition coefficient (Wildman–Crippen LogP) is 2.33. The Labute approximate surface area is 94.0 Å². The smallest absolute Gasteiger partial charge is 0.0405 e. The zero-order valence-electron chi connectivity index (χ0n) is 10.1. The Morgan fingerprint density at radius 2 is 1.79 bits per heavy atom. The topological polar surface area (TPSA) is 15.3 Å². The Morgan fingerprint density at radius 3 is 2.14 bits per heavy atom. The van der Waals surface area contributed by atoms with Gasteiger partial charge in [-0.3, -0.25) is 0 Å². The van der Waals surface area contributed by atoms with Gasteiger partial charge in [-0.05, 0) is 46.4 Å². The molecule has 0 spiro atoms. The van der Waals surface area contributed by atoms with E-state index in [1.54, 1.807) is 0 Å². The molecule has 0 aliphatic rings. The van der Waals surface area contributed by atoms with Crippen molar-refractivity contribution in [1.29, 1.82) is 0 Å². The highest BCUT2D eigenvalue weighted by molar-refractivity contribution is 6.18. The molecular formula is C11H25ClN2. The summed E-state index contributed by atoms with van der Waals surface area (Å²) in [4.78, 5) is 2.21. The van der Waals surface area contributed by atoms with Gasteiger partial charge in [0.25, 0.3) is 0 Å². The number of nitrogens with zero attached hydrogens (tertiary/aromatic N) is 1. The average molecular weight is 221 g/mol. The van der Waals surface area contributed by atoms with Gasteiger partial charge in [0.1, 0.15) is 0 Å². The Hall–Kier alpha value is 0.210. The van der Waals surface area contributed by atoms with Crippen molar-refractivity contribution in [1.82, 2.24) is 10.2 Å². The van der Waals surface area contributed by atoms with E-state index in [1.807, 2.05) is 0 Å². The summed E-state index contributed by atoms with van der Waals surface area (Å²) in [5.41, 5.74) is 0.161. The lowest BCUT2D eigenvalue weighted by molar-refractivity contribution is 0.319. The molecule has 0 unspecified atom stereocenters. The van der Waals surface area contributed by atoms with Crippen molar-refractivity contribution in [3.63, 3.8) is 0 Å². The Kier molecular flexibility index (Phi) is 7.61. The molecule has 3 heteroatoms. The van der Waals surface area contributed by atoms with E-state index in [-0.39, 0.29) is 5.54 Å². The van der Waals surface area contributed by atoms with Gasteiger partial charge in [0.05, 0.1) is 0 Å². The van der Waals surface area contributed by atoms with E-state index in [1.165, 1.54) is 6.42 Å². The lowest BCUT2D eigenvalue weighted by atomic mass is 9.95. The molecule has 0 bridgehead atoms. The number of alkyl halides is 1. The van der Waals surface area contributed by atoms with Crippen LogP contribution in [0.4, 0.5) is 0 Å². The summed E-state index contributed by atoms with van der Waals surface area (Å²) < 4.78 is 0. The number of hydrogen-bond acceptors (Lipinski definition) is 2. The molecule has 1 N–H and O–H groups in total. The third kappa shape index (κ3) is 5.18. The summed E-state index contributed by atoms with van der Waals surface area (Å²) in [5.74, 6) is 0.710. The molecule has 0 aliphatic carbocycles. The Bertz CT molecular complexity index is 125. The van der Waals surface area contributed by atoms with Crippen LogP contribution >= 0.6 is 11.6 Å². The molecule has 0 aromatic rings. The molecule has 0 atom stereocenters. The van der Waals surface area contributed by atoms with Gasteiger partial charge in [-0.15, -0.1) is 11.6 Å². The van der Waals surface area contributed by atoms with Crippen LogP contribution in [0.5, 0.6) is 0 Å². The zero-order valence-corrected chi connectivity index (χ0v) is 10.8. The van der Waals surface area contributed by atoms with E-state index in [9.17, 15) is 0 Å². The van der Waals surface area contributed by atoms with Crippen molar-refractivity contribution < 1.29 is 0 Å². The van der Waals surface area contributed by atoms with Crippen molar-refractivity contribution >= 4 is 11.6 Å². The molecule has 0 aromatic carbocycles. The van der Waals surface area contributed by atoms with Crippen LogP contribution in [0.3, 0.4) is 0 Å². The van der Waals surface area contributed by atoms with Crippen LogP contribution in [0.25, 0.3) is 0 Å². The quantitative estimate of drug-likeness (QED) is 0.499. The maximum Gasteiger partial charge on any atom is 0.0405 e. The first-order valence-electron chi connectivity index (χ1n) is 5.56. The van der Waals surface area contributed by atoms with Crippen LogP contribution in [0.15, 0.2) is 0 Å². The van der Waals surface area contributed by atoms with Crippen molar-refractivity contribution in [2.24, 2.45) is 0 Å². The van der Waals surface area contributed by atoms with Crippen LogP contribution < -0.4 is 5.32 Å². The highest BCUT2D eigenvalue weighted by atomic mass is 35.5. The number of halogens is 1. The Balaban J connectivity index is 3.71. The van der Waals surface area contributed by atoms with Crippen LogP contribution in [0, 0.1) is 0 Å². The number of rotatable bonds is 8. The Morgan fingerprint density at radius 1 is 1.21 bits per heavy atom. The molecule has 0 rings (SSSR count). The zero-order chi connectivity index (χ0) is 11.0. The highest BCUT2D eigenvalue weighted by Gasteiger charge is 2.23. The van der Waals surface area contributed by atoms with Crippen molar-refractivity contribution in [3.05, 3.63) is 0 Å². The molecule has 2 nitrogen and oxygen atoms in total. The highest BCUT2D eigenvalue weighted by Crippen LogP contribution is 2.16. The SMILES string of the molecule is CCC(CC)(CCl)NCCCN(C)C. The van der Waals surface area contributed by atoms with E-state index in [0.717, 1.165) is 25.9 Å². The van der Waals surface area contributed by atoms with Gasteiger partial charge in [-0.2, -0.15) is 0 Å². The van der Waals surface area contributed by atoms with Crippen LogP contribution in [0.1, 0.15) is 33.1 Å². The summed E-state index contributed by atoms with van der Waals surface area (Å²) in [6.45, 7) is 6.60. The second-order valence-electron chi connectivity index (χ2n) is 4.20. The van der Waals surface area contributed by atoms with Gasteiger partial charge in [-0.25, -0.2) is 0 Å². The van der Waals surface area contributed by atoms with Gasteiger partial charge in [0.15, 0.2) is 0 Å². The minimum absolute atomic E-state index is 0.161. The standard InChI is InChI=1S/C11H25ClN2/c1-5-11(6-2,10-12)13-8-7-9-14(3)4/h13H,5-10H2,1-4H3. The predicted molar refractivity (Wildman–Crippen MR) is 65.2 cm³/mol. The van der Waals surface area contributed by atoms with Crippen LogP contribution in [-0.4, -0.2) is 43.5 Å². The lowest BCUT2D eigenvalue weighted by Gasteiger charge is -2.31. The van der Waals surface area contributed by atoms with E-state index >= 15 is 0 Å². The summed E-state index contributed by atoms with van der Waals surface area (Å²) in [6.07, 6.45) is 3.40. The first kappa shape index (κ1) is 14.2. The van der Waals surface area contributed by atoms with Gasteiger partial charge >= 0.3 is 0 Å². The van der Waals surface area contributed by atoms with E-state index in [4.69, 9.17) is 11.6 Å². The number of hydrogen-bond donors (Lipinski definition) is 1. The molecule has 0 aliphatic heterocycles. The van der Waals surface area contributed by atoms with E-state index in [2.05, 4.69) is 38.2 Å². The van der Waals surface area contributed by atoms with Crippen LogP contribution in [-0.2, 0) is 0 Å². The minimum Gasteiger partial charge on any atom is -0.310 e. The first-order valence-corrected chi connectivity index (χ1v) is 6.09. The maximum absolute atomic E-state index is 5.99.